The third kappa shape index (κ3) is 3.18. The van der Waals surface area contributed by atoms with E-state index in [1.165, 1.54) is 24.3 Å². The quantitative estimate of drug-likeness (QED) is 0.791. The second-order valence-corrected chi connectivity index (χ2v) is 6.50. The normalized spacial score (nSPS) is 11.2. The zero-order valence-corrected chi connectivity index (χ0v) is 12.1. The Morgan fingerprint density at radius 1 is 1.30 bits per heavy atom. The molecule has 0 radical (unpaired) electrons. The van der Waals surface area contributed by atoms with Gasteiger partial charge in [0.25, 0.3) is 0 Å². The number of hydrogen-bond acceptors (Lipinski definition) is 4. The molecule has 0 unspecified atom stereocenters. The lowest BCUT2D eigenvalue weighted by molar-refractivity contribution is 0.587. The Labute approximate surface area is 122 Å². The highest BCUT2D eigenvalue weighted by Crippen LogP contribution is 2.13. The van der Waals surface area contributed by atoms with E-state index in [9.17, 15) is 8.42 Å². The van der Waals surface area contributed by atoms with E-state index in [0.29, 0.717) is 17.9 Å². The maximum Gasteiger partial charge on any atom is 0.180 e. The smallest absolute Gasteiger partial charge is 0.180 e. The molecule has 104 valence electrons. The molecule has 2 aromatic rings. The summed E-state index contributed by atoms with van der Waals surface area (Å²) in [5, 5.41) is 8.70. The van der Waals surface area contributed by atoms with Crippen LogP contribution < -0.4 is 0 Å². The van der Waals surface area contributed by atoms with Crippen molar-refractivity contribution in [2.24, 2.45) is 0 Å². The van der Waals surface area contributed by atoms with E-state index in [2.05, 4.69) is 4.98 Å². The second kappa shape index (κ2) is 6.07. The molecule has 0 saturated heterocycles. The second-order valence-electron chi connectivity index (χ2n) is 4.13. The summed E-state index contributed by atoms with van der Waals surface area (Å²) in [4.78, 5) is 4.24. The molecule has 1 aromatic carbocycles. The predicted molar refractivity (Wildman–Crippen MR) is 75.0 cm³/mol. The largest absolute Gasteiger partial charge is 0.333 e. The maximum atomic E-state index is 12.2. The SMILES string of the molecule is N#Cc1ccc(S(=O)(=O)CCn2ccnc2CCl)cc1. The van der Waals surface area contributed by atoms with Gasteiger partial charge in [-0.25, -0.2) is 13.4 Å². The Kier molecular flexibility index (Phi) is 4.42. The molecule has 0 bridgehead atoms. The van der Waals surface area contributed by atoms with Crippen molar-refractivity contribution in [3.63, 3.8) is 0 Å². The highest BCUT2D eigenvalue weighted by Gasteiger charge is 2.15. The van der Waals surface area contributed by atoms with Crippen molar-refractivity contribution in [2.45, 2.75) is 17.3 Å². The number of aromatic nitrogens is 2. The van der Waals surface area contributed by atoms with Gasteiger partial charge in [-0.1, -0.05) is 0 Å². The molecule has 1 aromatic heterocycles. The monoisotopic (exact) mass is 309 g/mol. The first-order chi connectivity index (χ1) is 9.56. The van der Waals surface area contributed by atoms with Gasteiger partial charge in [-0.2, -0.15) is 5.26 Å². The van der Waals surface area contributed by atoms with Gasteiger partial charge in [0.15, 0.2) is 9.84 Å². The number of rotatable bonds is 5. The van der Waals surface area contributed by atoms with Crippen molar-refractivity contribution < 1.29 is 8.42 Å². The van der Waals surface area contributed by atoms with Crippen LogP contribution in [-0.4, -0.2) is 23.7 Å². The Morgan fingerprint density at radius 2 is 2.00 bits per heavy atom. The van der Waals surface area contributed by atoms with Gasteiger partial charge >= 0.3 is 0 Å². The Bertz CT molecular complexity index is 730. The summed E-state index contributed by atoms with van der Waals surface area (Å²) in [7, 11) is -3.39. The molecule has 0 atom stereocenters. The molecular weight excluding hydrogens is 298 g/mol. The van der Waals surface area contributed by atoms with Gasteiger partial charge in [0.2, 0.25) is 0 Å². The minimum Gasteiger partial charge on any atom is -0.333 e. The van der Waals surface area contributed by atoms with Crippen molar-refractivity contribution >= 4 is 21.4 Å². The summed E-state index contributed by atoms with van der Waals surface area (Å²) < 4.78 is 26.1. The highest BCUT2D eigenvalue weighted by atomic mass is 35.5. The highest BCUT2D eigenvalue weighted by molar-refractivity contribution is 7.91. The van der Waals surface area contributed by atoms with Crippen LogP contribution in [-0.2, 0) is 22.3 Å². The number of imidazole rings is 1. The van der Waals surface area contributed by atoms with E-state index in [1.807, 2.05) is 6.07 Å². The van der Waals surface area contributed by atoms with Crippen LogP contribution in [0.1, 0.15) is 11.4 Å². The Hall–Kier alpha value is -1.84. The fourth-order valence-electron chi connectivity index (χ4n) is 1.75. The van der Waals surface area contributed by atoms with Crippen molar-refractivity contribution in [1.82, 2.24) is 9.55 Å². The number of benzene rings is 1. The summed E-state index contributed by atoms with van der Waals surface area (Å²) in [6.45, 7) is 0.296. The molecule has 0 aliphatic rings. The van der Waals surface area contributed by atoms with E-state index in [-0.39, 0.29) is 16.5 Å². The van der Waals surface area contributed by atoms with Gasteiger partial charge in [-0.05, 0) is 24.3 Å². The van der Waals surface area contributed by atoms with Gasteiger partial charge in [-0.15, -0.1) is 11.6 Å². The number of alkyl halides is 1. The summed E-state index contributed by atoms with van der Waals surface area (Å²) in [6.07, 6.45) is 3.29. The minimum absolute atomic E-state index is 0.0425. The molecule has 0 spiro atoms. The molecule has 0 amide bonds. The maximum absolute atomic E-state index is 12.2. The van der Waals surface area contributed by atoms with Crippen LogP contribution in [0.5, 0.6) is 0 Å². The lowest BCUT2D eigenvalue weighted by atomic mass is 10.2. The lowest BCUT2D eigenvalue weighted by Gasteiger charge is -2.07. The Morgan fingerprint density at radius 3 is 2.60 bits per heavy atom. The fraction of sp³-hybridized carbons (Fsp3) is 0.231. The molecular formula is C13H12ClN3O2S. The Balaban J connectivity index is 2.13. The van der Waals surface area contributed by atoms with Crippen LogP contribution in [0.25, 0.3) is 0 Å². The number of aryl methyl sites for hydroxylation is 1. The number of nitrogens with zero attached hydrogens (tertiary/aromatic N) is 3. The third-order valence-electron chi connectivity index (χ3n) is 2.86. The topological polar surface area (TPSA) is 75.8 Å². The molecule has 20 heavy (non-hydrogen) atoms. The van der Waals surface area contributed by atoms with Gasteiger partial charge in [0.05, 0.1) is 28.2 Å². The third-order valence-corrected chi connectivity index (χ3v) is 4.81. The average Bonchev–Trinajstić information content (AvgIpc) is 2.93. The van der Waals surface area contributed by atoms with Gasteiger partial charge in [0.1, 0.15) is 5.82 Å². The molecule has 5 nitrogen and oxygen atoms in total. The molecule has 0 aliphatic heterocycles. The lowest BCUT2D eigenvalue weighted by Crippen LogP contribution is -2.14. The van der Waals surface area contributed by atoms with Crippen LogP contribution >= 0.6 is 11.6 Å². The molecule has 0 N–H and O–H groups in total. The molecule has 1 heterocycles. The van der Waals surface area contributed by atoms with Crippen LogP contribution in [0.15, 0.2) is 41.6 Å². The molecule has 0 fully saturated rings. The number of sulfone groups is 1. The number of halogens is 1. The van der Waals surface area contributed by atoms with Gasteiger partial charge < -0.3 is 4.57 Å². The molecule has 0 saturated carbocycles. The first kappa shape index (κ1) is 14.6. The predicted octanol–water partition coefficient (Wildman–Crippen LogP) is 1.97. The summed E-state index contributed by atoms with van der Waals surface area (Å²) in [6, 6.07) is 7.84. The van der Waals surface area contributed by atoms with E-state index in [0.717, 1.165) is 0 Å². The van der Waals surface area contributed by atoms with Crippen molar-refractivity contribution in [2.75, 3.05) is 5.75 Å². The van der Waals surface area contributed by atoms with Crippen LogP contribution in [0.3, 0.4) is 0 Å². The summed E-state index contributed by atoms with van der Waals surface area (Å²) in [5.41, 5.74) is 0.433. The zero-order chi connectivity index (χ0) is 14.6. The first-order valence-corrected chi connectivity index (χ1v) is 8.04. The van der Waals surface area contributed by atoms with Crippen LogP contribution in [0, 0.1) is 11.3 Å². The van der Waals surface area contributed by atoms with Crippen molar-refractivity contribution in [3.05, 3.63) is 48.0 Å². The number of hydrogen-bond donors (Lipinski definition) is 0. The first-order valence-electron chi connectivity index (χ1n) is 5.86. The average molecular weight is 310 g/mol. The van der Waals surface area contributed by atoms with Crippen molar-refractivity contribution in [3.8, 4) is 6.07 Å². The number of nitriles is 1. The standard InChI is InChI=1S/C13H12ClN3O2S/c14-9-13-16-5-6-17(13)7-8-20(18,19)12-3-1-11(10-15)2-4-12/h1-6H,7-9H2. The van der Waals surface area contributed by atoms with E-state index >= 15 is 0 Å². The molecule has 2 rings (SSSR count). The molecule has 7 heteroatoms. The minimum atomic E-state index is -3.39. The summed E-state index contributed by atoms with van der Waals surface area (Å²) >= 11 is 5.71. The fourth-order valence-corrected chi connectivity index (χ4v) is 3.19. The molecule has 0 aliphatic carbocycles. The van der Waals surface area contributed by atoms with Gasteiger partial charge in [-0.3, -0.25) is 0 Å². The van der Waals surface area contributed by atoms with Gasteiger partial charge in [0, 0.05) is 18.9 Å². The van der Waals surface area contributed by atoms with Crippen molar-refractivity contribution in [1.29, 1.82) is 5.26 Å². The zero-order valence-electron chi connectivity index (χ0n) is 10.5. The van der Waals surface area contributed by atoms with Crippen LogP contribution in [0.2, 0.25) is 0 Å². The van der Waals surface area contributed by atoms with E-state index in [1.54, 1.807) is 17.0 Å². The van der Waals surface area contributed by atoms with E-state index < -0.39 is 9.84 Å². The van der Waals surface area contributed by atoms with E-state index in [4.69, 9.17) is 16.9 Å². The van der Waals surface area contributed by atoms with Crippen LogP contribution in [0.4, 0.5) is 0 Å². The summed E-state index contributed by atoms with van der Waals surface area (Å²) in [5.74, 6) is 0.838.